The highest BCUT2D eigenvalue weighted by Gasteiger charge is 2.40. The van der Waals surface area contributed by atoms with E-state index in [1.807, 2.05) is 17.3 Å². The van der Waals surface area contributed by atoms with E-state index in [-0.39, 0.29) is 35.5 Å². The lowest BCUT2D eigenvalue weighted by Gasteiger charge is -2.39. The van der Waals surface area contributed by atoms with Gasteiger partial charge in [-0.15, -0.1) is 0 Å². The van der Waals surface area contributed by atoms with Gasteiger partial charge in [-0.05, 0) is 45.6 Å². The van der Waals surface area contributed by atoms with Crippen LogP contribution < -0.4 is 0 Å². The topological polar surface area (TPSA) is 75.5 Å². The second-order valence-electron chi connectivity index (χ2n) is 8.85. The maximum absolute atomic E-state index is 13.5. The number of carbonyl (C=O) groups excluding carboxylic acids is 1. The van der Waals surface area contributed by atoms with Crippen LogP contribution in [0, 0.1) is 0 Å². The predicted octanol–water partition coefficient (Wildman–Crippen LogP) is 2.39. The molecule has 1 aromatic rings. The number of rotatable bonds is 6. The molecule has 8 heteroatoms. The van der Waals surface area contributed by atoms with E-state index in [1.165, 1.54) is 0 Å². The fourth-order valence-electron chi connectivity index (χ4n) is 5.50. The van der Waals surface area contributed by atoms with Gasteiger partial charge < -0.3 is 9.47 Å². The van der Waals surface area contributed by atoms with Crippen molar-refractivity contribution in [3.63, 3.8) is 0 Å². The van der Waals surface area contributed by atoms with Gasteiger partial charge in [0.2, 0.25) is 5.91 Å². The number of nitrogens with zero attached hydrogens (tertiary/aromatic N) is 4. The van der Waals surface area contributed by atoms with Crippen molar-refractivity contribution in [1.82, 2.24) is 19.4 Å². The Labute approximate surface area is 174 Å². The first-order chi connectivity index (χ1) is 14.0. The van der Waals surface area contributed by atoms with E-state index in [4.69, 9.17) is 0 Å². The average molecular weight is 423 g/mol. The summed E-state index contributed by atoms with van der Waals surface area (Å²) in [5.41, 5.74) is 0. The molecule has 29 heavy (non-hydrogen) atoms. The normalized spacial score (nSPS) is 28.0. The van der Waals surface area contributed by atoms with Crippen LogP contribution in [0.1, 0.15) is 70.2 Å². The molecule has 0 bridgehead atoms. The van der Waals surface area contributed by atoms with E-state index in [1.54, 1.807) is 0 Å². The third kappa shape index (κ3) is 4.53. The Kier molecular flexibility index (Phi) is 6.30. The number of piperidine rings is 1. The van der Waals surface area contributed by atoms with E-state index in [0.717, 1.165) is 63.9 Å². The zero-order valence-electron chi connectivity index (χ0n) is 17.5. The number of hydrogen-bond acceptors (Lipinski definition) is 5. The maximum atomic E-state index is 13.5. The molecule has 3 heterocycles. The van der Waals surface area contributed by atoms with Crippen molar-refractivity contribution < 1.29 is 13.2 Å². The average Bonchev–Trinajstić information content (AvgIpc) is 3.44. The van der Waals surface area contributed by atoms with Crippen molar-refractivity contribution in [2.45, 2.75) is 83.0 Å². The Morgan fingerprint density at radius 1 is 1.14 bits per heavy atom. The van der Waals surface area contributed by atoms with Crippen LogP contribution in [0.25, 0.3) is 0 Å². The molecule has 1 aromatic heterocycles. The highest BCUT2D eigenvalue weighted by atomic mass is 32.2. The van der Waals surface area contributed by atoms with Gasteiger partial charge in [0, 0.05) is 31.0 Å². The molecule has 1 amide bonds. The summed E-state index contributed by atoms with van der Waals surface area (Å²) in [6.07, 6.45) is 12.0. The van der Waals surface area contributed by atoms with Crippen LogP contribution in [0.4, 0.5) is 0 Å². The van der Waals surface area contributed by atoms with Gasteiger partial charge in [0.05, 0.1) is 24.1 Å². The van der Waals surface area contributed by atoms with Gasteiger partial charge in [0.15, 0.2) is 9.84 Å². The minimum absolute atomic E-state index is 0.112. The van der Waals surface area contributed by atoms with Crippen LogP contribution in [0.2, 0.25) is 0 Å². The third-order valence-corrected chi connectivity index (χ3v) is 8.70. The van der Waals surface area contributed by atoms with Gasteiger partial charge in [0.1, 0.15) is 5.82 Å². The maximum Gasteiger partial charge on any atom is 0.237 e. The van der Waals surface area contributed by atoms with Gasteiger partial charge >= 0.3 is 0 Å². The summed E-state index contributed by atoms with van der Waals surface area (Å²) in [5, 5.41) is 0. The highest BCUT2D eigenvalue weighted by Crippen LogP contribution is 2.32. The summed E-state index contributed by atoms with van der Waals surface area (Å²) in [7, 11) is -3.01. The zero-order valence-corrected chi connectivity index (χ0v) is 18.3. The fraction of sp³-hybridized carbons (Fsp3) is 0.810. The molecular formula is C21H34N4O3S. The molecule has 7 nitrogen and oxygen atoms in total. The van der Waals surface area contributed by atoms with Gasteiger partial charge in [-0.3, -0.25) is 9.69 Å². The van der Waals surface area contributed by atoms with Crippen LogP contribution in [-0.4, -0.2) is 70.4 Å². The summed E-state index contributed by atoms with van der Waals surface area (Å²) >= 11 is 0. The van der Waals surface area contributed by atoms with Gasteiger partial charge in [0.25, 0.3) is 0 Å². The van der Waals surface area contributed by atoms with Gasteiger partial charge in [-0.2, -0.15) is 0 Å². The largest absolute Gasteiger partial charge is 0.335 e. The lowest BCUT2D eigenvalue weighted by Crippen LogP contribution is -2.51. The number of aryl methyl sites for hydroxylation is 1. The Morgan fingerprint density at radius 2 is 1.90 bits per heavy atom. The number of amides is 1. The van der Waals surface area contributed by atoms with E-state index in [0.29, 0.717) is 13.0 Å². The molecule has 1 saturated carbocycles. The molecule has 0 aromatic carbocycles. The summed E-state index contributed by atoms with van der Waals surface area (Å²) in [5.74, 6) is 1.52. The smallest absolute Gasteiger partial charge is 0.237 e. The lowest BCUT2D eigenvalue weighted by atomic mass is 10.0. The standard InChI is InChI=1S/C21H34N4O3S/c1-2-23-13-11-22-21(23)19-9-5-6-12-24(19)15-20(26)25(17-7-3-4-8-17)18-10-14-29(27,28)16-18/h11,13,17-19H,2-10,12,14-16H2,1H3. The van der Waals surface area contributed by atoms with Gasteiger partial charge in [-0.25, -0.2) is 13.4 Å². The first kappa shape index (κ1) is 20.8. The molecule has 0 radical (unpaired) electrons. The van der Waals surface area contributed by atoms with Crippen LogP contribution in [-0.2, 0) is 21.2 Å². The molecule has 3 aliphatic rings. The molecule has 2 unspecified atom stereocenters. The summed E-state index contributed by atoms with van der Waals surface area (Å²) < 4.78 is 26.4. The number of hydrogen-bond donors (Lipinski definition) is 0. The van der Waals surface area contributed by atoms with Crippen molar-refractivity contribution in [3.8, 4) is 0 Å². The number of likely N-dealkylation sites (tertiary alicyclic amines) is 1. The van der Waals surface area contributed by atoms with Crippen molar-refractivity contribution >= 4 is 15.7 Å². The molecule has 4 rings (SSSR count). The molecule has 162 valence electrons. The Balaban J connectivity index is 1.52. The molecule has 0 N–H and O–H groups in total. The number of sulfone groups is 1. The van der Waals surface area contributed by atoms with E-state index in [9.17, 15) is 13.2 Å². The second kappa shape index (κ2) is 8.76. The quantitative estimate of drug-likeness (QED) is 0.704. The lowest BCUT2D eigenvalue weighted by molar-refractivity contribution is -0.138. The first-order valence-electron chi connectivity index (χ1n) is 11.2. The van der Waals surface area contributed by atoms with E-state index >= 15 is 0 Å². The predicted molar refractivity (Wildman–Crippen MR) is 112 cm³/mol. The monoisotopic (exact) mass is 422 g/mol. The summed E-state index contributed by atoms with van der Waals surface area (Å²) in [6.45, 7) is 4.26. The minimum Gasteiger partial charge on any atom is -0.335 e. The highest BCUT2D eigenvalue weighted by molar-refractivity contribution is 7.91. The molecule has 2 aliphatic heterocycles. The van der Waals surface area contributed by atoms with Crippen LogP contribution >= 0.6 is 0 Å². The van der Waals surface area contributed by atoms with Crippen molar-refractivity contribution in [3.05, 3.63) is 18.2 Å². The minimum atomic E-state index is -3.01. The van der Waals surface area contributed by atoms with Crippen LogP contribution in [0.15, 0.2) is 12.4 Å². The third-order valence-electron chi connectivity index (χ3n) is 6.95. The summed E-state index contributed by atoms with van der Waals surface area (Å²) in [4.78, 5) is 22.4. The van der Waals surface area contributed by atoms with E-state index in [2.05, 4.69) is 21.4 Å². The number of imidazole rings is 1. The number of carbonyl (C=O) groups is 1. The fourth-order valence-corrected chi connectivity index (χ4v) is 7.21. The molecular weight excluding hydrogens is 388 g/mol. The molecule has 3 fully saturated rings. The van der Waals surface area contributed by atoms with Crippen molar-refractivity contribution in [1.29, 1.82) is 0 Å². The Morgan fingerprint density at radius 3 is 2.59 bits per heavy atom. The zero-order chi connectivity index (χ0) is 20.4. The molecule has 0 spiro atoms. The number of aromatic nitrogens is 2. The first-order valence-corrected chi connectivity index (χ1v) is 13.1. The van der Waals surface area contributed by atoms with E-state index < -0.39 is 9.84 Å². The van der Waals surface area contributed by atoms with Crippen molar-refractivity contribution in [2.24, 2.45) is 0 Å². The molecule has 2 atom stereocenters. The summed E-state index contributed by atoms with van der Waals surface area (Å²) in [6, 6.07) is 0.235. The Hall–Kier alpha value is -1.41. The Bertz CT molecular complexity index is 816. The van der Waals surface area contributed by atoms with Gasteiger partial charge in [-0.1, -0.05) is 19.3 Å². The SMILES string of the molecule is CCn1ccnc1C1CCCCN1CC(=O)N(C1CCCC1)C1CCS(=O)(=O)C1. The molecule has 2 saturated heterocycles. The van der Waals surface area contributed by atoms with Crippen molar-refractivity contribution in [2.75, 3.05) is 24.6 Å². The second-order valence-corrected chi connectivity index (χ2v) is 11.1. The molecule has 1 aliphatic carbocycles. The van der Waals surface area contributed by atoms with Crippen LogP contribution in [0.5, 0.6) is 0 Å². The van der Waals surface area contributed by atoms with Crippen LogP contribution in [0.3, 0.4) is 0 Å².